The van der Waals surface area contributed by atoms with Crippen molar-refractivity contribution in [2.45, 2.75) is 12.8 Å². The Bertz CT molecular complexity index is 623. The number of alkyl halides is 3. The predicted octanol–water partition coefficient (Wildman–Crippen LogP) is 2.23. The van der Waals surface area contributed by atoms with Crippen LogP contribution in [0.4, 0.5) is 13.2 Å². The van der Waals surface area contributed by atoms with Gasteiger partial charge in [0, 0.05) is 12.6 Å². The van der Waals surface area contributed by atoms with Gasteiger partial charge in [-0.25, -0.2) is 4.98 Å². The second-order valence-corrected chi connectivity index (χ2v) is 3.96. The van der Waals surface area contributed by atoms with E-state index in [1.807, 2.05) is 0 Å². The maximum absolute atomic E-state index is 12.9. The van der Waals surface area contributed by atoms with Gasteiger partial charge in [0.05, 0.1) is 5.56 Å². The Morgan fingerprint density at radius 3 is 2.70 bits per heavy atom. The molecule has 1 heterocycles. The molecule has 0 aliphatic heterocycles. The zero-order chi connectivity index (χ0) is 14.8. The summed E-state index contributed by atoms with van der Waals surface area (Å²) >= 11 is 0. The van der Waals surface area contributed by atoms with E-state index >= 15 is 0 Å². The number of aldehydes is 1. The van der Waals surface area contributed by atoms with Gasteiger partial charge in [-0.05, 0) is 18.2 Å². The molecule has 0 atom stereocenters. The van der Waals surface area contributed by atoms with Crippen molar-refractivity contribution in [2.75, 3.05) is 0 Å². The molecule has 0 bridgehead atoms. The lowest BCUT2D eigenvalue weighted by Gasteiger charge is -2.14. The smallest absolute Gasteiger partial charge is 0.419 e. The van der Waals surface area contributed by atoms with Crippen LogP contribution >= 0.6 is 0 Å². The molecule has 20 heavy (non-hydrogen) atoms. The lowest BCUT2D eigenvalue weighted by atomic mass is 10.1. The first-order valence-corrected chi connectivity index (χ1v) is 5.54. The summed E-state index contributed by atoms with van der Waals surface area (Å²) in [5.74, 6) is 0.0312. The summed E-state index contributed by atoms with van der Waals surface area (Å²) < 4.78 is 45.2. The average molecular weight is 285 g/mol. The molecule has 106 valence electrons. The molecular formula is C12H10F3N3O2. The predicted molar refractivity (Wildman–Crippen MR) is 62.2 cm³/mol. The number of benzene rings is 1. The number of hydrogen-bond acceptors (Lipinski definition) is 4. The maximum atomic E-state index is 12.9. The molecule has 0 saturated heterocycles. The SMILES string of the molecule is Cn1ncnc1COc1ccc(C=O)cc1C(F)(F)F. The highest BCUT2D eigenvalue weighted by molar-refractivity contribution is 5.75. The third kappa shape index (κ3) is 2.95. The van der Waals surface area contributed by atoms with Crippen molar-refractivity contribution in [2.24, 2.45) is 7.05 Å². The fourth-order valence-corrected chi connectivity index (χ4v) is 1.56. The first kappa shape index (κ1) is 14.0. The van der Waals surface area contributed by atoms with Gasteiger partial charge in [0.15, 0.2) is 5.82 Å². The van der Waals surface area contributed by atoms with Crippen molar-refractivity contribution in [1.29, 1.82) is 0 Å². The second-order valence-electron chi connectivity index (χ2n) is 3.96. The van der Waals surface area contributed by atoms with Gasteiger partial charge in [-0.1, -0.05) is 0 Å². The largest absolute Gasteiger partial charge is 0.485 e. The number of carbonyl (C=O) groups excluding carboxylic acids is 1. The van der Waals surface area contributed by atoms with E-state index in [0.29, 0.717) is 12.1 Å². The molecule has 0 saturated carbocycles. The van der Waals surface area contributed by atoms with Crippen LogP contribution in [0.15, 0.2) is 24.5 Å². The van der Waals surface area contributed by atoms with Crippen molar-refractivity contribution in [3.05, 3.63) is 41.5 Å². The van der Waals surface area contributed by atoms with Gasteiger partial charge in [-0.15, -0.1) is 0 Å². The maximum Gasteiger partial charge on any atom is 0.419 e. The number of rotatable bonds is 4. The van der Waals surface area contributed by atoms with Crippen LogP contribution in [0.5, 0.6) is 5.75 Å². The van der Waals surface area contributed by atoms with E-state index in [-0.39, 0.29) is 17.9 Å². The minimum Gasteiger partial charge on any atom is -0.485 e. The Labute approximate surface area is 112 Å². The van der Waals surface area contributed by atoms with E-state index in [1.54, 1.807) is 7.05 Å². The lowest BCUT2D eigenvalue weighted by Crippen LogP contribution is -2.11. The summed E-state index contributed by atoms with van der Waals surface area (Å²) in [7, 11) is 1.60. The van der Waals surface area contributed by atoms with Gasteiger partial charge in [-0.3, -0.25) is 9.48 Å². The highest BCUT2D eigenvalue weighted by Gasteiger charge is 2.34. The first-order valence-electron chi connectivity index (χ1n) is 5.54. The zero-order valence-corrected chi connectivity index (χ0v) is 10.4. The summed E-state index contributed by atoms with van der Waals surface area (Å²) in [5.41, 5.74) is -1.06. The molecule has 0 amide bonds. The van der Waals surface area contributed by atoms with Crippen molar-refractivity contribution in [1.82, 2.24) is 14.8 Å². The third-order valence-corrected chi connectivity index (χ3v) is 2.61. The Hall–Kier alpha value is -2.38. The quantitative estimate of drug-likeness (QED) is 0.808. The first-order chi connectivity index (χ1) is 9.41. The number of halogens is 3. The normalized spacial score (nSPS) is 11.4. The van der Waals surface area contributed by atoms with E-state index in [4.69, 9.17) is 4.74 Å². The molecule has 0 unspecified atom stereocenters. The third-order valence-electron chi connectivity index (χ3n) is 2.61. The monoisotopic (exact) mass is 285 g/mol. The van der Waals surface area contributed by atoms with Gasteiger partial charge in [0.1, 0.15) is 25.0 Å². The highest BCUT2D eigenvalue weighted by Crippen LogP contribution is 2.36. The molecule has 1 aromatic heterocycles. The second kappa shape index (κ2) is 5.32. The van der Waals surface area contributed by atoms with Crippen LogP contribution in [0, 0.1) is 0 Å². The molecule has 8 heteroatoms. The molecule has 2 rings (SSSR count). The fraction of sp³-hybridized carbons (Fsp3) is 0.250. The van der Waals surface area contributed by atoms with Crippen LogP contribution in [-0.4, -0.2) is 21.1 Å². The van der Waals surface area contributed by atoms with E-state index in [1.165, 1.54) is 17.1 Å². The molecule has 5 nitrogen and oxygen atoms in total. The Balaban J connectivity index is 2.27. The van der Waals surface area contributed by atoms with Crippen LogP contribution in [0.2, 0.25) is 0 Å². The number of hydrogen-bond donors (Lipinski definition) is 0. The number of nitrogens with zero attached hydrogens (tertiary/aromatic N) is 3. The summed E-state index contributed by atoms with van der Waals surface area (Å²) in [6.07, 6.45) is -2.98. The molecule has 0 spiro atoms. The van der Waals surface area contributed by atoms with Crippen molar-refractivity contribution >= 4 is 6.29 Å². The van der Waals surface area contributed by atoms with Crippen molar-refractivity contribution in [3.63, 3.8) is 0 Å². The van der Waals surface area contributed by atoms with Gasteiger partial charge >= 0.3 is 6.18 Å². The van der Waals surface area contributed by atoms with Crippen LogP contribution in [0.25, 0.3) is 0 Å². The van der Waals surface area contributed by atoms with E-state index in [2.05, 4.69) is 10.1 Å². The van der Waals surface area contributed by atoms with Crippen molar-refractivity contribution in [3.8, 4) is 5.75 Å². The molecular weight excluding hydrogens is 275 g/mol. The molecule has 0 aliphatic carbocycles. The number of carbonyl (C=O) groups is 1. The molecule has 0 aliphatic rings. The Morgan fingerprint density at radius 2 is 2.15 bits per heavy atom. The van der Waals surface area contributed by atoms with Gasteiger partial charge in [-0.2, -0.15) is 18.3 Å². The standard InChI is InChI=1S/C12H10F3N3O2/c1-18-11(16-7-17-18)6-20-10-3-2-8(5-19)4-9(10)12(13,14)15/h2-5,7H,6H2,1H3. The van der Waals surface area contributed by atoms with Gasteiger partial charge in [0.25, 0.3) is 0 Å². The molecule has 0 N–H and O–H groups in total. The minimum atomic E-state index is -4.60. The summed E-state index contributed by atoms with van der Waals surface area (Å²) in [5, 5.41) is 3.78. The molecule has 1 aromatic carbocycles. The highest BCUT2D eigenvalue weighted by atomic mass is 19.4. The van der Waals surface area contributed by atoms with Crippen LogP contribution < -0.4 is 4.74 Å². The lowest BCUT2D eigenvalue weighted by molar-refractivity contribution is -0.139. The summed E-state index contributed by atoms with van der Waals surface area (Å²) in [6, 6.07) is 3.12. The zero-order valence-electron chi connectivity index (χ0n) is 10.4. The minimum absolute atomic E-state index is 0.0664. The summed E-state index contributed by atoms with van der Waals surface area (Å²) in [4.78, 5) is 14.4. The summed E-state index contributed by atoms with van der Waals surface area (Å²) in [6.45, 7) is -0.153. The van der Waals surface area contributed by atoms with E-state index in [9.17, 15) is 18.0 Å². The fourth-order valence-electron chi connectivity index (χ4n) is 1.56. The Morgan fingerprint density at radius 1 is 1.40 bits per heavy atom. The van der Waals surface area contributed by atoms with Gasteiger partial charge in [0.2, 0.25) is 0 Å². The van der Waals surface area contributed by atoms with Gasteiger partial charge < -0.3 is 4.74 Å². The number of aryl methyl sites for hydroxylation is 1. The van der Waals surface area contributed by atoms with E-state index < -0.39 is 11.7 Å². The van der Waals surface area contributed by atoms with E-state index in [0.717, 1.165) is 12.1 Å². The molecule has 0 fully saturated rings. The van der Waals surface area contributed by atoms with Crippen LogP contribution in [0.1, 0.15) is 21.7 Å². The topological polar surface area (TPSA) is 57.0 Å². The number of aromatic nitrogens is 3. The Kier molecular flexibility index (Phi) is 3.73. The number of ether oxygens (including phenoxy) is 1. The van der Waals surface area contributed by atoms with Crippen LogP contribution in [0.3, 0.4) is 0 Å². The van der Waals surface area contributed by atoms with Crippen LogP contribution in [-0.2, 0) is 19.8 Å². The molecule has 0 radical (unpaired) electrons. The molecule has 2 aromatic rings. The van der Waals surface area contributed by atoms with Crippen molar-refractivity contribution < 1.29 is 22.7 Å². The average Bonchev–Trinajstić information content (AvgIpc) is 2.80.